The number of aromatic nitrogens is 5. The lowest BCUT2D eigenvalue weighted by molar-refractivity contribution is 0.0992. The molecule has 3 aromatic heterocycles. The molecule has 28 heavy (non-hydrogen) atoms. The number of nitrogens with zero attached hydrogens (tertiary/aromatic N) is 5. The number of hydrogen-bond acceptors (Lipinski definition) is 4. The lowest BCUT2D eigenvalue weighted by Crippen LogP contribution is -2.06. The molecule has 0 aliphatic carbocycles. The zero-order valence-electron chi connectivity index (χ0n) is 16.3. The molecular formula is C22H23N5O. The zero-order valence-corrected chi connectivity index (χ0v) is 16.3. The molecule has 142 valence electrons. The van der Waals surface area contributed by atoms with Crippen LogP contribution in [0.3, 0.4) is 0 Å². The van der Waals surface area contributed by atoms with Crippen molar-refractivity contribution in [2.75, 3.05) is 0 Å². The fourth-order valence-electron chi connectivity index (χ4n) is 3.33. The minimum absolute atomic E-state index is 0.0321. The van der Waals surface area contributed by atoms with E-state index in [0.29, 0.717) is 11.5 Å². The van der Waals surface area contributed by atoms with Crippen LogP contribution in [0.4, 0.5) is 0 Å². The summed E-state index contributed by atoms with van der Waals surface area (Å²) in [5.41, 5.74) is 3.53. The number of fused-ring (bicyclic) bond motifs is 1. The van der Waals surface area contributed by atoms with Gasteiger partial charge in [-0.1, -0.05) is 26.0 Å². The number of aryl methyl sites for hydroxylation is 1. The number of imidazole rings is 1. The van der Waals surface area contributed by atoms with Crippen molar-refractivity contribution in [1.29, 1.82) is 0 Å². The molecule has 0 atom stereocenters. The van der Waals surface area contributed by atoms with Crippen molar-refractivity contribution in [1.82, 2.24) is 24.3 Å². The van der Waals surface area contributed by atoms with E-state index in [9.17, 15) is 4.79 Å². The molecule has 0 bridgehead atoms. The van der Waals surface area contributed by atoms with E-state index in [1.807, 2.05) is 47.0 Å². The summed E-state index contributed by atoms with van der Waals surface area (Å²) in [6.07, 6.45) is 9.19. The lowest BCUT2D eigenvalue weighted by Gasteiger charge is -2.06. The van der Waals surface area contributed by atoms with Crippen molar-refractivity contribution in [2.45, 2.75) is 26.8 Å². The molecule has 6 nitrogen and oxygen atoms in total. The second kappa shape index (κ2) is 7.38. The molecule has 6 heteroatoms. The van der Waals surface area contributed by atoms with E-state index in [0.717, 1.165) is 34.3 Å². The summed E-state index contributed by atoms with van der Waals surface area (Å²) in [6, 6.07) is 8.22. The smallest absolute Gasteiger partial charge is 0.171 e. The Bertz CT molecular complexity index is 1140. The summed E-state index contributed by atoms with van der Waals surface area (Å²) >= 11 is 0. The highest BCUT2D eigenvalue weighted by Gasteiger charge is 2.12. The molecule has 0 radical (unpaired) electrons. The second-order valence-electron chi connectivity index (χ2n) is 7.57. The highest BCUT2D eigenvalue weighted by molar-refractivity contribution is 5.97. The summed E-state index contributed by atoms with van der Waals surface area (Å²) in [4.78, 5) is 21.3. The first-order valence-electron chi connectivity index (χ1n) is 9.40. The summed E-state index contributed by atoms with van der Waals surface area (Å²) in [5.74, 6) is 0.517. The minimum Gasteiger partial charge on any atom is -0.334 e. The highest BCUT2D eigenvalue weighted by Crippen LogP contribution is 2.24. The molecule has 0 unspecified atom stereocenters. The summed E-state index contributed by atoms with van der Waals surface area (Å²) in [5, 5.41) is 6.39. The molecule has 0 amide bonds. The molecule has 1 aromatic carbocycles. The Hall–Kier alpha value is -3.28. The van der Waals surface area contributed by atoms with Crippen LogP contribution >= 0.6 is 0 Å². The van der Waals surface area contributed by atoms with Crippen molar-refractivity contribution in [3.8, 4) is 11.3 Å². The van der Waals surface area contributed by atoms with Crippen LogP contribution in [0.15, 0.2) is 55.4 Å². The maximum Gasteiger partial charge on any atom is 0.171 e. The van der Waals surface area contributed by atoms with Gasteiger partial charge in [0.2, 0.25) is 0 Å². The van der Waals surface area contributed by atoms with Crippen molar-refractivity contribution in [2.24, 2.45) is 13.0 Å². The fraction of sp³-hybridized carbons (Fsp3) is 0.273. The number of hydrogen-bond donors (Lipinski definition) is 0. The monoisotopic (exact) mass is 373 g/mol. The average molecular weight is 373 g/mol. The van der Waals surface area contributed by atoms with Gasteiger partial charge >= 0.3 is 0 Å². The van der Waals surface area contributed by atoms with Gasteiger partial charge in [0.1, 0.15) is 0 Å². The highest BCUT2D eigenvalue weighted by atomic mass is 16.1. The van der Waals surface area contributed by atoms with Crippen LogP contribution < -0.4 is 0 Å². The quantitative estimate of drug-likeness (QED) is 0.481. The first-order valence-corrected chi connectivity index (χ1v) is 9.40. The third kappa shape index (κ3) is 3.71. The number of ketones is 1. The fourth-order valence-corrected chi connectivity index (χ4v) is 3.33. The van der Waals surface area contributed by atoms with Crippen molar-refractivity contribution < 1.29 is 4.79 Å². The minimum atomic E-state index is 0.0321. The number of pyridine rings is 1. The van der Waals surface area contributed by atoms with Gasteiger partial charge in [-0.25, -0.2) is 4.98 Å². The lowest BCUT2D eigenvalue weighted by atomic mass is 10.0. The van der Waals surface area contributed by atoms with Crippen molar-refractivity contribution >= 4 is 16.6 Å². The van der Waals surface area contributed by atoms with Crippen molar-refractivity contribution in [3.05, 3.63) is 66.6 Å². The Morgan fingerprint density at radius 3 is 2.71 bits per heavy atom. The Morgan fingerprint density at radius 1 is 1.11 bits per heavy atom. The van der Waals surface area contributed by atoms with Gasteiger partial charge in [0.05, 0.1) is 36.4 Å². The van der Waals surface area contributed by atoms with E-state index < -0.39 is 0 Å². The van der Waals surface area contributed by atoms with Crippen molar-refractivity contribution in [3.63, 3.8) is 0 Å². The Kier molecular flexibility index (Phi) is 4.77. The van der Waals surface area contributed by atoms with Crippen LogP contribution in [-0.4, -0.2) is 30.1 Å². The predicted octanol–water partition coefficient (Wildman–Crippen LogP) is 3.91. The third-order valence-electron chi connectivity index (χ3n) is 4.74. The summed E-state index contributed by atoms with van der Waals surface area (Å²) < 4.78 is 3.81. The SMILES string of the molecule is CC(C)Cn1cc(C(=O)Cc2cc3cc(-c4cncn4C)ccc3cn2)cn1. The van der Waals surface area contributed by atoms with Crippen LogP contribution in [0, 0.1) is 5.92 Å². The number of carbonyl (C=O) groups excluding carboxylic acids is 1. The Labute approximate surface area is 163 Å². The van der Waals surface area contributed by atoms with Gasteiger partial charge in [0, 0.05) is 42.6 Å². The first kappa shape index (κ1) is 18.1. The molecule has 4 aromatic rings. The van der Waals surface area contributed by atoms with E-state index in [1.165, 1.54) is 0 Å². The van der Waals surface area contributed by atoms with Crippen LogP contribution in [0.2, 0.25) is 0 Å². The largest absolute Gasteiger partial charge is 0.334 e. The molecule has 0 aliphatic heterocycles. The molecule has 0 saturated heterocycles. The Morgan fingerprint density at radius 2 is 1.96 bits per heavy atom. The van der Waals surface area contributed by atoms with Crippen LogP contribution in [0.5, 0.6) is 0 Å². The second-order valence-corrected chi connectivity index (χ2v) is 7.57. The number of carbonyl (C=O) groups is 1. The van der Waals surface area contributed by atoms with E-state index in [2.05, 4.69) is 41.0 Å². The molecule has 0 fully saturated rings. The van der Waals surface area contributed by atoms with Gasteiger partial charge in [0.25, 0.3) is 0 Å². The normalized spacial score (nSPS) is 11.4. The number of rotatable bonds is 6. The van der Waals surface area contributed by atoms with Crippen LogP contribution in [0.1, 0.15) is 29.9 Å². The van der Waals surface area contributed by atoms with Gasteiger partial charge in [-0.05, 0) is 23.4 Å². The molecule has 0 saturated carbocycles. The molecule has 4 rings (SSSR count). The van der Waals surface area contributed by atoms with E-state index in [-0.39, 0.29) is 12.2 Å². The first-order chi connectivity index (χ1) is 13.5. The van der Waals surface area contributed by atoms with Gasteiger partial charge in [-0.15, -0.1) is 0 Å². The predicted molar refractivity (Wildman–Crippen MR) is 109 cm³/mol. The van der Waals surface area contributed by atoms with Gasteiger partial charge in [0.15, 0.2) is 5.78 Å². The number of Topliss-reactive ketones (excluding diaryl/α,β-unsaturated/α-hetero) is 1. The number of benzene rings is 1. The topological polar surface area (TPSA) is 65.6 Å². The molecule has 0 N–H and O–H groups in total. The average Bonchev–Trinajstić information content (AvgIpc) is 3.29. The van der Waals surface area contributed by atoms with Gasteiger partial charge in [-0.2, -0.15) is 5.10 Å². The third-order valence-corrected chi connectivity index (χ3v) is 4.74. The maximum absolute atomic E-state index is 12.6. The van der Waals surface area contributed by atoms with E-state index >= 15 is 0 Å². The summed E-state index contributed by atoms with van der Waals surface area (Å²) in [6.45, 7) is 5.06. The van der Waals surface area contributed by atoms with Gasteiger partial charge in [-0.3, -0.25) is 14.5 Å². The molecule has 0 aliphatic rings. The molecular weight excluding hydrogens is 350 g/mol. The van der Waals surface area contributed by atoms with Crippen LogP contribution in [0.25, 0.3) is 22.0 Å². The Balaban J connectivity index is 1.57. The van der Waals surface area contributed by atoms with Gasteiger partial charge < -0.3 is 4.57 Å². The van der Waals surface area contributed by atoms with E-state index in [1.54, 1.807) is 12.5 Å². The zero-order chi connectivity index (χ0) is 19.7. The van der Waals surface area contributed by atoms with Crippen LogP contribution in [-0.2, 0) is 20.0 Å². The van der Waals surface area contributed by atoms with E-state index in [4.69, 9.17) is 0 Å². The molecule has 3 heterocycles. The maximum atomic E-state index is 12.6. The molecule has 0 spiro atoms. The summed E-state index contributed by atoms with van der Waals surface area (Å²) in [7, 11) is 1.97. The standard InChI is InChI=1S/C22H23N5O/c1-15(2)12-27-13-19(10-25-27)22(28)8-20-7-18-6-16(4-5-17(18)9-24-20)21-11-23-14-26(21)3/h4-7,9-11,13-15H,8,12H2,1-3H3.